The Balaban J connectivity index is 2.05. The molecule has 0 radical (unpaired) electrons. The molecule has 3 atom stereocenters. The molecule has 0 amide bonds. The predicted octanol–water partition coefficient (Wildman–Crippen LogP) is 4.93. The van der Waals surface area contributed by atoms with Crippen LogP contribution in [-0.4, -0.2) is 35.7 Å². The van der Waals surface area contributed by atoms with Crippen LogP contribution in [0.3, 0.4) is 0 Å². The first-order chi connectivity index (χ1) is 15.4. The summed E-state index contributed by atoms with van der Waals surface area (Å²) < 4.78 is 26.9. The minimum absolute atomic E-state index is 0.262. The summed E-state index contributed by atoms with van der Waals surface area (Å²) in [5.74, 6) is 1.64. The van der Waals surface area contributed by atoms with Crippen molar-refractivity contribution in [2.45, 2.75) is 65.1 Å². The number of phenolic OH excluding ortho intramolecular Hbond substituents is 1. The van der Waals surface area contributed by atoms with Gasteiger partial charge >= 0.3 is 0 Å². The molecule has 33 heavy (non-hydrogen) atoms. The molecule has 0 aromatic heterocycles. The number of hydrogen-bond donors (Lipinski definition) is 4. The van der Waals surface area contributed by atoms with E-state index in [0.717, 1.165) is 38.5 Å². The first-order valence-electron chi connectivity index (χ1n) is 11.8. The van der Waals surface area contributed by atoms with Crippen LogP contribution in [0.2, 0.25) is 0 Å². The molecule has 0 saturated carbocycles. The highest BCUT2D eigenvalue weighted by Gasteiger charge is 2.26. The number of benzene rings is 1. The van der Waals surface area contributed by atoms with E-state index in [4.69, 9.17) is 11.5 Å². The first-order valence-corrected chi connectivity index (χ1v) is 12.4. The molecule has 5 nitrogen and oxygen atoms in total. The molecule has 1 saturated heterocycles. The van der Waals surface area contributed by atoms with Gasteiger partial charge in [-0.2, -0.15) is 8.78 Å². The highest BCUT2D eigenvalue weighted by Crippen LogP contribution is 2.38. The van der Waals surface area contributed by atoms with Crippen molar-refractivity contribution in [1.29, 1.82) is 0 Å². The van der Waals surface area contributed by atoms with Crippen molar-refractivity contribution >= 4 is 14.9 Å². The van der Waals surface area contributed by atoms with E-state index >= 15 is 0 Å². The number of nitrogens with two attached hydrogens (primary N) is 2. The zero-order valence-electron chi connectivity index (χ0n) is 20.4. The molecule has 2 rings (SSSR count). The molecule has 0 spiro atoms. The summed E-state index contributed by atoms with van der Waals surface area (Å²) in [5, 5.41) is 13.6. The number of nitrogens with zero attached hydrogens (tertiary/aromatic N) is 1. The first kappa shape index (κ1) is 27.4. The summed E-state index contributed by atoms with van der Waals surface area (Å²) in [7, 11) is 1.46. The Bertz CT molecular complexity index is 851. The van der Waals surface area contributed by atoms with E-state index < -0.39 is 5.66 Å². The molecular formula is C25H41F2N4OP. The fraction of sp³-hybridized carbons (Fsp3) is 0.600. The van der Waals surface area contributed by atoms with Gasteiger partial charge in [0.15, 0.2) is 0 Å². The Hall–Kier alpha value is -1.85. The molecule has 0 bridgehead atoms. The fourth-order valence-electron chi connectivity index (χ4n) is 4.51. The number of halogens is 2. The van der Waals surface area contributed by atoms with Gasteiger partial charge in [0, 0.05) is 36.0 Å². The van der Waals surface area contributed by atoms with Gasteiger partial charge in [0.2, 0.25) is 0 Å². The number of allylic oxidation sites excluding steroid dienone is 2. The van der Waals surface area contributed by atoms with Crippen molar-refractivity contribution < 1.29 is 13.9 Å². The highest BCUT2D eigenvalue weighted by atomic mass is 31.0. The highest BCUT2D eigenvalue weighted by molar-refractivity contribution is 7.17. The van der Waals surface area contributed by atoms with Crippen molar-refractivity contribution in [2.24, 2.45) is 23.3 Å². The number of hydrogen-bond acceptors (Lipinski definition) is 5. The Kier molecular flexibility index (Phi) is 9.99. The van der Waals surface area contributed by atoms with Crippen molar-refractivity contribution in [3.63, 3.8) is 0 Å². The molecule has 0 aliphatic carbocycles. The molecule has 1 heterocycles. The summed E-state index contributed by atoms with van der Waals surface area (Å²) in [6.07, 6.45) is 6.36. The lowest BCUT2D eigenvalue weighted by atomic mass is 9.93. The minimum atomic E-state index is -3.11. The van der Waals surface area contributed by atoms with Crippen LogP contribution in [-0.2, 0) is 5.66 Å². The Morgan fingerprint density at radius 1 is 1.36 bits per heavy atom. The summed E-state index contributed by atoms with van der Waals surface area (Å²) in [5.41, 5.74) is 10.3. The Labute approximate surface area is 199 Å². The largest absolute Gasteiger partial charge is 0.507 e. The lowest BCUT2D eigenvalue weighted by molar-refractivity contribution is 0.103. The lowest BCUT2D eigenvalue weighted by Gasteiger charge is -2.36. The number of alkyl halides is 2. The second kappa shape index (κ2) is 12.0. The standard InChI is InChI=1S/C25H41F2N4OP/c1-5-18(11-16(2)3)14-31-10-6-7-20(15-31)30-23(28)12-17(4)24(29)21-9-8-19(13-22(21)32)25(26,27)33/h8-9,12-13,16,18,20,30,32H,5-7,10-11,14-15,28-29,33H2,1-4H3/b23-12+,24-17-. The van der Waals surface area contributed by atoms with E-state index in [0.29, 0.717) is 34.5 Å². The third-order valence-corrected chi connectivity index (χ3v) is 6.58. The number of likely N-dealkylation sites (tertiary alicyclic amines) is 1. The van der Waals surface area contributed by atoms with Crippen molar-refractivity contribution in [3.8, 4) is 5.75 Å². The van der Waals surface area contributed by atoms with Gasteiger partial charge in [0.05, 0.1) is 5.82 Å². The van der Waals surface area contributed by atoms with Gasteiger partial charge in [0.1, 0.15) is 5.75 Å². The van der Waals surface area contributed by atoms with Crippen LogP contribution in [0.5, 0.6) is 5.75 Å². The predicted molar refractivity (Wildman–Crippen MR) is 137 cm³/mol. The van der Waals surface area contributed by atoms with Crippen molar-refractivity contribution in [2.75, 3.05) is 19.6 Å². The van der Waals surface area contributed by atoms with E-state index in [1.54, 1.807) is 13.0 Å². The maximum atomic E-state index is 13.5. The van der Waals surface area contributed by atoms with Gasteiger partial charge in [0.25, 0.3) is 5.66 Å². The van der Waals surface area contributed by atoms with Gasteiger partial charge in [-0.25, -0.2) is 0 Å². The van der Waals surface area contributed by atoms with Crippen molar-refractivity contribution in [3.05, 3.63) is 46.8 Å². The van der Waals surface area contributed by atoms with Crippen LogP contribution >= 0.6 is 9.24 Å². The van der Waals surface area contributed by atoms with Crippen LogP contribution in [0.4, 0.5) is 8.78 Å². The Morgan fingerprint density at radius 2 is 2.06 bits per heavy atom. The second-order valence-electron chi connectivity index (χ2n) is 9.70. The van der Waals surface area contributed by atoms with Gasteiger partial charge < -0.3 is 26.8 Å². The SMILES string of the molecule is CCC(CC(C)C)CN1CCCC(N/C(N)=C/C(C)=C(\N)c2ccc(C(F)(F)P)cc2O)C1. The number of rotatable bonds is 10. The lowest BCUT2D eigenvalue weighted by Crippen LogP contribution is -2.47. The van der Waals surface area contributed by atoms with Crippen LogP contribution in [0.1, 0.15) is 64.5 Å². The molecular weight excluding hydrogens is 441 g/mol. The molecule has 186 valence electrons. The fourth-order valence-corrected chi connectivity index (χ4v) is 4.69. The smallest absolute Gasteiger partial charge is 0.284 e. The second-order valence-corrected chi connectivity index (χ2v) is 10.4. The normalized spacial score (nSPS) is 20.0. The minimum Gasteiger partial charge on any atom is -0.507 e. The zero-order chi connectivity index (χ0) is 24.8. The van der Waals surface area contributed by atoms with E-state index in [1.165, 1.54) is 34.2 Å². The average molecular weight is 483 g/mol. The molecule has 1 aromatic rings. The van der Waals surface area contributed by atoms with Gasteiger partial charge in [-0.3, -0.25) is 0 Å². The number of phenols is 1. The average Bonchev–Trinajstić information content (AvgIpc) is 2.71. The van der Waals surface area contributed by atoms with Crippen LogP contribution < -0.4 is 16.8 Å². The quantitative estimate of drug-likeness (QED) is 0.281. The Morgan fingerprint density at radius 3 is 2.64 bits per heavy atom. The van der Waals surface area contributed by atoms with E-state index in [-0.39, 0.29) is 17.4 Å². The van der Waals surface area contributed by atoms with Crippen LogP contribution in [0, 0.1) is 11.8 Å². The van der Waals surface area contributed by atoms with E-state index in [1.807, 2.05) is 0 Å². The molecule has 1 aromatic carbocycles. The molecule has 1 aliphatic rings. The van der Waals surface area contributed by atoms with Crippen LogP contribution in [0.15, 0.2) is 35.7 Å². The molecule has 3 unspecified atom stereocenters. The maximum absolute atomic E-state index is 13.5. The van der Waals surface area contributed by atoms with E-state index in [9.17, 15) is 13.9 Å². The monoisotopic (exact) mass is 482 g/mol. The number of nitrogens with one attached hydrogen (secondary N) is 1. The topological polar surface area (TPSA) is 87.5 Å². The third-order valence-electron chi connectivity index (χ3n) is 6.24. The van der Waals surface area contributed by atoms with Gasteiger partial charge in [-0.05, 0) is 68.3 Å². The zero-order valence-corrected chi connectivity index (χ0v) is 21.5. The summed E-state index contributed by atoms with van der Waals surface area (Å²) in [6, 6.07) is 3.96. The van der Waals surface area contributed by atoms with Crippen molar-refractivity contribution in [1.82, 2.24) is 10.2 Å². The van der Waals surface area contributed by atoms with E-state index in [2.05, 4.69) is 31.0 Å². The summed E-state index contributed by atoms with van der Waals surface area (Å²) in [4.78, 5) is 2.53. The molecule has 1 aliphatic heterocycles. The molecule has 1 fully saturated rings. The number of piperidine rings is 1. The third kappa shape index (κ3) is 8.46. The van der Waals surface area contributed by atoms with Crippen LogP contribution in [0.25, 0.3) is 5.70 Å². The van der Waals surface area contributed by atoms with Gasteiger partial charge in [-0.15, -0.1) is 0 Å². The summed E-state index contributed by atoms with van der Waals surface area (Å²) >= 11 is 0. The molecule has 6 N–H and O–H groups in total. The number of aromatic hydroxyl groups is 1. The van der Waals surface area contributed by atoms with Gasteiger partial charge in [-0.1, -0.05) is 42.5 Å². The summed E-state index contributed by atoms with van der Waals surface area (Å²) in [6.45, 7) is 11.8. The molecule has 8 heteroatoms. The maximum Gasteiger partial charge on any atom is 0.284 e.